The lowest BCUT2D eigenvalue weighted by Crippen LogP contribution is -2.36. The summed E-state index contributed by atoms with van der Waals surface area (Å²) in [5.41, 5.74) is 3.46. The number of aromatic nitrogens is 1. The Labute approximate surface area is 158 Å². The van der Waals surface area contributed by atoms with Gasteiger partial charge in [0.05, 0.1) is 11.9 Å². The molecular weight excluding hydrogens is 342 g/mol. The lowest BCUT2D eigenvalue weighted by molar-refractivity contribution is 0.142. The van der Waals surface area contributed by atoms with Gasteiger partial charge < -0.3 is 19.6 Å². The number of benzene rings is 1. The Balaban J connectivity index is 1.40. The number of nitrogens with zero attached hydrogens (tertiary/aromatic N) is 3. The molecule has 6 heteroatoms. The van der Waals surface area contributed by atoms with Crippen molar-refractivity contribution < 1.29 is 14.6 Å². The largest absolute Gasteiger partial charge is 0.465 e. The molecule has 0 unspecified atom stereocenters. The van der Waals surface area contributed by atoms with Crippen molar-refractivity contribution in [1.82, 2.24) is 9.88 Å². The number of piperidine rings is 1. The average Bonchev–Trinajstić information content (AvgIpc) is 2.63. The van der Waals surface area contributed by atoms with Crippen LogP contribution in [-0.4, -0.2) is 47.3 Å². The summed E-state index contributed by atoms with van der Waals surface area (Å²) in [6.07, 6.45) is 5.95. The first-order valence-electron chi connectivity index (χ1n) is 9.34. The molecule has 1 aromatic carbocycles. The van der Waals surface area contributed by atoms with Gasteiger partial charge in [0.1, 0.15) is 5.75 Å². The van der Waals surface area contributed by atoms with Crippen molar-refractivity contribution in [2.24, 2.45) is 0 Å². The minimum absolute atomic E-state index is 0.560. The second kappa shape index (κ2) is 7.70. The van der Waals surface area contributed by atoms with Crippen LogP contribution < -0.4 is 9.64 Å². The highest BCUT2D eigenvalue weighted by Gasteiger charge is 2.18. The van der Waals surface area contributed by atoms with Crippen LogP contribution in [0.3, 0.4) is 0 Å². The van der Waals surface area contributed by atoms with E-state index in [1.165, 1.54) is 16.9 Å². The molecule has 27 heavy (non-hydrogen) atoms. The lowest BCUT2D eigenvalue weighted by atomic mass is 10.0. The van der Waals surface area contributed by atoms with Crippen LogP contribution in [0.2, 0.25) is 0 Å². The SMILES string of the molecule is O=C(O)N1CCC(=Cc2cccc(Oc3ccc(N4CCC4)cn3)c2)CC1. The molecule has 2 fully saturated rings. The molecule has 0 radical (unpaired) electrons. The lowest BCUT2D eigenvalue weighted by Gasteiger charge is -2.32. The normalized spacial score (nSPS) is 16.7. The third-order valence-electron chi connectivity index (χ3n) is 5.07. The summed E-state index contributed by atoms with van der Waals surface area (Å²) >= 11 is 0. The first kappa shape index (κ1) is 17.4. The van der Waals surface area contributed by atoms with Crippen LogP contribution in [0.15, 0.2) is 48.2 Å². The topological polar surface area (TPSA) is 65.9 Å². The molecule has 0 bridgehead atoms. The molecule has 3 heterocycles. The molecule has 1 amide bonds. The Morgan fingerprint density at radius 1 is 1.11 bits per heavy atom. The van der Waals surface area contributed by atoms with Crippen LogP contribution in [0.1, 0.15) is 24.8 Å². The fraction of sp³-hybridized carbons (Fsp3) is 0.333. The van der Waals surface area contributed by atoms with E-state index in [2.05, 4.69) is 16.0 Å². The predicted molar refractivity (Wildman–Crippen MR) is 104 cm³/mol. The van der Waals surface area contributed by atoms with Crippen LogP contribution in [0.5, 0.6) is 11.6 Å². The monoisotopic (exact) mass is 365 g/mol. The van der Waals surface area contributed by atoms with E-state index in [1.807, 2.05) is 42.6 Å². The van der Waals surface area contributed by atoms with Crippen molar-refractivity contribution in [2.45, 2.75) is 19.3 Å². The van der Waals surface area contributed by atoms with E-state index in [4.69, 9.17) is 9.84 Å². The number of carboxylic acid groups (broad SMARTS) is 1. The molecule has 1 N–H and O–H groups in total. The van der Waals surface area contributed by atoms with Gasteiger partial charge in [-0.25, -0.2) is 9.78 Å². The summed E-state index contributed by atoms with van der Waals surface area (Å²) < 4.78 is 5.90. The molecule has 0 spiro atoms. The maximum Gasteiger partial charge on any atom is 0.407 e. The fourth-order valence-corrected chi connectivity index (χ4v) is 3.35. The Morgan fingerprint density at radius 2 is 1.93 bits per heavy atom. The summed E-state index contributed by atoms with van der Waals surface area (Å²) in [6, 6.07) is 11.8. The smallest absolute Gasteiger partial charge is 0.407 e. The quantitative estimate of drug-likeness (QED) is 0.878. The van der Waals surface area contributed by atoms with Gasteiger partial charge >= 0.3 is 6.09 Å². The van der Waals surface area contributed by atoms with Gasteiger partial charge in [-0.05, 0) is 43.0 Å². The van der Waals surface area contributed by atoms with Gasteiger partial charge in [-0.2, -0.15) is 0 Å². The van der Waals surface area contributed by atoms with Gasteiger partial charge in [0.25, 0.3) is 0 Å². The molecule has 6 nitrogen and oxygen atoms in total. The molecular formula is C21H23N3O3. The van der Waals surface area contributed by atoms with E-state index >= 15 is 0 Å². The minimum atomic E-state index is -0.836. The number of ether oxygens (including phenoxy) is 1. The predicted octanol–water partition coefficient (Wildman–Crippen LogP) is 4.24. The maximum absolute atomic E-state index is 11.0. The number of rotatable bonds is 4. The van der Waals surface area contributed by atoms with Gasteiger partial charge in [-0.1, -0.05) is 23.8 Å². The van der Waals surface area contributed by atoms with Gasteiger partial charge in [0, 0.05) is 32.2 Å². The molecule has 2 saturated heterocycles. The van der Waals surface area contributed by atoms with Crippen LogP contribution in [0, 0.1) is 0 Å². The van der Waals surface area contributed by atoms with E-state index in [9.17, 15) is 4.79 Å². The number of hydrogen-bond donors (Lipinski definition) is 1. The van der Waals surface area contributed by atoms with E-state index in [0.717, 1.165) is 42.9 Å². The summed E-state index contributed by atoms with van der Waals surface area (Å²) in [5, 5.41) is 9.04. The van der Waals surface area contributed by atoms with Gasteiger partial charge in [0.15, 0.2) is 0 Å². The van der Waals surface area contributed by atoms with Gasteiger partial charge in [-0.15, -0.1) is 0 Å². The molecule has 0 atom stereocenters. The number of amides is 1. The first-order chi connectivity index (χ1) is 13.2. The Kier molecular flexibility index (Phi) is 4.96. The van der Waals surface area contributed by atoms with Crippen molar-refractivity contribution in [3.8, 4) is 11.6 Å². The zero-order valence-corrected chi connectivity index (χ0v) is 15.2. The van der Waals surface area contributed by atoms with E-state index < -0.39 is 6.09 Å². The van der Waals surface area contributed by atoms with Crippen LogP contribution in [-0.2, 0) is 0 Å². The van der Waals surface area contributed by atoms with Gasteiger partial charge in [0.2, 0.25) is 5.88 Å². The Hall–Kier alpha value is -3.02. The third kappa shape index (κ3) is 4.22. The van der Waals surface area contributed by atoms with E-state index in [1.54, 1.807) is 0 Å². The highest BCUT2D eigenvalue weighted by atomic mass is 16.5. The number of pyridine rings is 1. The van der Waals surface area contributed by atoms with Gasteiger partial charge in [-0.3, -0.25) is 0 Å². The molecule has 1 aromatic heterocycles. The number of likely N-dealkylation sites (tertiary alicyclic amines) is 1. The molecule has 4 rings (SSSR count). The van der Waals surface area contributed by atoms with Crippen LogP contribution in [0.25, 0.3) is 6.08 Å². The average molecular weight is 365 g/mol. The van der Waals surface area contributed by atoms with Crippen molar-refractivity contribution in [2.75, 3.05) is 31.1 Å². The second-order valence-electron chi connectivity index (χ2n) is 6.94. The van der Waals surface area contributed by atoms with E-state index in [-0.39, 0.29) is 0 Å². The molecule has 0 aliphatic carbocycles. The number of anilines is 1. The summed E-state index contributed by atoms with van der Waals surface area (Å²) in [5.74, 6) is 1.33. The van der Waals surface area contributed by atoms with Crippen molar-refractivity contribution in [1.29, 1.82) is 0 Å². The number of hydrogen-bond acceptors (Lipinski definition) is 4. The highest BCUT2D eigenvalue weighted by molar-refractivity contribution is 5.65. The summed E-state index contributed by atoms with van der Waals surface area (Å²) in [7, 11) is 0. The zero-order chi connectivity index (χ0) is 18.6. The first-order valence-corrected chi connectivity index (χ1v) is 9.34. The zero-order valence-electron chi connectivity index (χ0n) is 15.2. The summed E-state index contributed by atoms with van der Waals surface area (Å²) in [4.78, 5) is 19.2. The maximum atomic E-state index is 11.0. The standard InChI is InChI=1S/C21H23N3O3/c25-21(26)24-11-7-16(8-12-24)13-17-3-1-4-19(14-17)27-20-6-5-18(15-22-20)23-9-2-10-23/h1,3-6,13-15H,2,7-12H2,(H,25,26). The van der Waals surface area contributed by atoms with E-state index in [0.29, 0.717) is 19.0 Å². The molecule has 2 aromatic rings. The van der Waals surface area contributed by atoms with Crippen molar-refractivity contribution >= 4 is 17.9 Å². The molecule has 0 saturated carbocycles. The Bertz CT molecular complexity index is 834. The molecule has 2 aliphatic heterocycles. The minimum Gasteiger partial charge on any atom is -0.465 e. The third-order valence-corrected chi connectivity index (χ3v) is 5.07. The fourth-order valence-electron chi connectivity index (χ4n) is 3.35. The second-order valence-corrected chi connectivity index (χ2v) is 6.94. The van der Waals surface area contributed by atoms with Crippen molar-refractivity contribution in [3.05, 3.63) is 53.7 Å². The van der Waals surface area contributed by atoms with Crippen LogP contribution >= 0.6 is 0 Å². The Morgan fingerprint density at radius 3 is 2.56 bits per heavy atom. The number of carbonyl (C=O) groups is 1. The van der Waals surface area contributed by atoms with Crippen molar-refractivity contribution in [3.63, 3.8) is 0 Å². The molecule has 2 aliphatic rings. The van der Waals surface area contributed by atoms with Crippen LogP contribution in [0.4, 0.5) is 10.5 Å². The summed E-state index contributed by atoms with van der Waals surface area (Å²) in [6.45, 7) is 3.32. The molecule has 140 valence electrons. The highest BCUT2D eigenvalue weighted by Crippen LogP contribution is 2.26.